The van der Waals surface area contributed by atoms with Crippen LogP contribution in [0.2, 0.25) is 5.02 Å². The number of ether oxygens (including phenoxy) is 1. The van der Waals surface area contributed by atoms with Crippen LogP contribution in [0.4, 0.5) is 11.6 Å². The molecular formula is C31H32ClN5O2S. The van der Waals surface area contributed by atoms with Gasteiger partial charge in [-0.2, -0.15) is 4.98 Å². The van der Waals surface area contributed by atoms with Crippen LogP contribution in [-0.2, 0) is 11.4 Å². The highest BCUT2D eigenvalue weighted by atomic mass is 35.5. The monoisotopic (exact) mass is 573 g/mol. The highest BCUT2D eigenvalue weighted by Gasteiger charge is 2.36. The highest BCUT2D eigenvalue weighted by Crippen LogP contribution is 2.40. The second-order valence-electron chi connectivity index (χ2n) is 9.77. The number of benzene rings is 3. The van der Waals surface area contributed by atoms with Crippen LogP contribution in [0.25, 0.3) is 0 Å². The standard InChI is InChI=1S/C31H32ClN5O2S/c1-5-16-40-31-35-30-33-21(4)27(29(38)34-25-15-14-19(2)17-20(25)3)28(37(30)36-31)23-11-7-9-13-26(23)39-18-22-10-6-8-12-24(22)32/h6-15,17,28H,5,16,18H2,1-4H3,(H,34,38)(H,33,35,36). The summed E-state index contributed by atoms with van der Waals surface area (Å²) >= 11 is 7.99. The molecule has 9 heteroatoms. The van der Waals surface area contributed by atoms with Crippen LogP contribution in [0.3, 0.4) is 0 Å². The Bertz CT molecular complexity index is 1580. The van der Waals surface area contributed by atoms with E-state index in [1.807, 2.05) is 81.4 Å². The first-order valence-corrected chi connectivity index (χ1v) is 14.6. The fourth-order valence-electron chi connectivity index (χ4n) is 4.72. The molecule has 0 spiro atoms. The normalized spacial score (nSPS) is 14.5. The second kappa shape index (κ2) is 12.2. The molecule has 1 unspecified atom stereocenters. The number of fused-ring (bicyclic) bond motifs is 1. The molecule has 0 aliphatic carbocycles. The molecule has 1 aromatic heterocycles. The molecule has 0 saturated heterocycles. The molecular weight excluding hydrogens is 542 g/mol. The summed E-state index contributed by atoms with van der Waals surface area (Å²) in [5, 5.41) is 12.6. The van der Waals surface area contributed by atoms with Crippen molar-refractivity contribution in [1.82, 2.24) is 14.8 Å². The Morgan fingerprint density at radius 3 is 2.65 bits per heavy atom. The molecule has 40 heavy (non-hydrogen) atoms. The third-order valence-corrected chi connectivity index (χ3v) is 8.11. The van der Waals surface area contributed by atoms with Crippen LogP contribution in [0.5, 0.6) is 5.75 Å². The SMILES string of the molecule is CCCSc1nc2n(n1)C(c1ccccc1OCc1ccccc1Cl)C(C(=O)Nc1ccc(C)cc1C)=C(C)N2. The Hall–Kier alpha value is -3.75. The lowest BCUT2D eigenvalue weighted by Crippen LogP contribution is -2.32. The van der Waals surface area contributed by atoms with Crippen molar-refractivity contribution < 1.29 is 9.53 Å². The summed E-state index contributed by atoms with van der Waals surface area (Å²) in [7, 11) is 0. The van der Waals surface area contributed by atoms with E-state index in [4.69, 9.17) is 26.4 Å². The topological polar surface area (TPSA) is 81.1 Å². The zero-order valence-electron chi connectivity index (χ0n) is 23.0. The van der Waals surface area contributed by atoms with Crippen LogP contribution in [0, 0.1) is 13.8 Å². The minimum Gasteiger partial charge on any atom is -0.488 e. The van der Waals surface area contributed by atoms with Gasteiger partial charge in [-0.05, 0) is 51.0 Å². The second-order valence-corrected chi connectivity index (χ2v) is 11.2. The fourth-order valence-corrected chi connectivity index (χ4v) is 5.59. The zero-order chi connectivity index (χ0) is 28.2. The first kappa shape index (κ1) is 27.8. The van der Waals surface area contributed by atoms with E-state index in [9.17, 15) is 4.79 Å². The van der Waals surface area contributed by atoms with Gasteiger partial charge >= 0.3 is 0 Å². The van der Waals surface area contributed by atoms with Crippen molar-refractivity contribution >= 4 is 40.9 Å². The predicted octanol–water partition coefficient (Wildman–Crippen LogP) is 7.56. The summed E-state index contributed by atoms with van der Waals surface area (Å²) in [4.78, 5) is 18.7. The first-order chi connectivity index (χ1) is 19.4. The number of halogens is 1. The third-order valence-electron chi connectivity index (χ3n) is 6.70. The van der Waals surface area contributed by atoms with Gasteiger partial charge in [0.25, 0.3) is 5.91 Å². The van der Waals surface area contributed by atoms with E-state index >= 15 is 0 Å². The number of thioether (sulfide) groups is 1. The first-order valence-electron chi connectivity index (χ1n) is 13.3. The van der Waals surface area contributed by atoms with Crippen molar-refractivity contribution in [2.75, 3.05) is 16.4 Å². The van der Waals surface area contributed by atoms with Gasteiger partial charge in [0.2, 0.25) is 11.1 Å². The van der Waals surface area contributed by atoms with E-state index in [-0.39, 0.29) is 12.5 Å². The fraction of sp³-hybridized carbons (Fsp3) is 0.258. The third kappa shape index (κ3) is 5.88. The number of para-hydroxylation sites is 1. The van der Waals surface area contributed by atoms with Gasteiger partial charge in [-0.1, -0.05) is 84.4 Å². The summed E-state index contributed by atoms with van der Waals surface area (Å²) in [6, 6.07) is 20.8. The Balaban J connectivity index is 1.56. The van der Waals surface area contributed by atoms with E-state index in [1.54, 1.807) is 16.4 Å². The number of nitrogens with one attached hydrogen (secondary N) is 2. The van der Waals surface area contributed by atoms with Crippen molar-refractivity contribution in [3.8, 4) is 5.75 Å². The number of aryl methyl sites for hydroxylation is 2. The lowest BCUT2D eigenvalue weighted by molar-refractivity contribution is -0.113. The lowest BCUT2D eigenvalue weighted by Gasteiger charge is -2.30. The highest BCUT2D eigenvalue weighted by molar-refractivity contribution is 7.99. The molecule has 2 heterocycles. The summed E-state index contributed by atoms with van der Waals surface area (Å²) in [5.41, 5.74) is 5.83. The van der Waals surface area contributed by atoms with E-state index in [0.29, 0.717) is 33.1 Å². The van der Waals surface area contributed by atoms with Crippen LogP contribution in [-0.4, -0.2) is 26.4 Å². The van der Waals surface area contributed by atoms with Gasteiger partial charge in [0, 0.05) is 33.3 Å². The summed E-state index contributed by atoms with van der Waals surface area (Å²) in [6.45, 7) is 8.33. The number of rotatable bonds is 9. The van der Waals surface area contributed by atoms with E-state index < -0.39 is 6.04 Å². The smallest absolute Gasteiger partial charge is 0.255 e. The summed E-state index contributed by atoms with van der Waals surface area (Å²) < 4.78 is 8.12. The molecule has 2 N–H and O–H groups in total. The minimum atomic E-state index is -0.562. The molecule has 5 rings (SSSR count). The number of carbonyl (C=O) groups is 1. The van der Waals surface area contributed by atoms with Crippen LogP contribution < -0.4 is 15.4 Å². The van der Waals surface area contributed by atoms with E-state index in [0.717, 1.165) is 40.1 Å². The molecule has 3 aromatic carbocycles. The average Bonchev–Trinajstić information content (AvgIpc) is 3.34. The van der Waals surface area contributed by atoms with Crippen molar-refractivity contribution in [3.05, 3.63) is 105 Å². The Morgan fingerprint density at radius 1 is 1.10 bits per heavy atom. The Morgan fingerprint density at radius 2 is 1.88 bits per heavy atom. The number of anilines is 2. The number of nitrogens with zero attached hydrogens (tertiary/aromatic N) is 3. The van der Waals surface area contributed by atoms with E-state index in [2.05, 4.69) is 23.6 Å². The van der Waals surface area contributed by atoms with Crippen molar-refractivity contribution in [2.24, 2.45) is 0 Å². The molecule has 1 amide bonds. The quantitative estimate of drug-likeness (QED) is 0.201. The molecule has 206 valence electrons. The molecule has 0 radical (unpaired) electrons. The minimum absolute atomic E-state index is 0.216. The van der Waals surface area contributed by atoms with Crippen LogP contribution in [0.15, 0.2) is 83.2 Å². The van der Waals surface area contributed by atoms with Crippen molar-refractivity contribution in [1.29, 1.82) is 0 Å². The van der Waals surface area contributed by atoms with Gasteiger partial charge in [0.15, 0.2) is 0 Å². The number of hydrogen-bond donors (Lipinski definition) is 2. The number of aromatic nitrogens is 3. The van der Waals surface area contributed by atoms with Gasteiger partial charge in [-0.3, -0.25) is 4.79 Å². The number of carbonyl (C=O) groups excluding carboxylic acids is 1. The number of hydrogen-bond acceptors (Lipinski definition) is 6. The average molecular weight is 574 g/mol. The van der Waals surface area contributed by atoms with Gasteiger partial charge in [0.05, 0.1) is 5.57 Å². The summed E-state index contributed by atoms with van der Waals surface area (Å²) in [5.74, 6) is 1.91. The number of allylic oxidation sites excluding steroid dienone is 1. The molecule has 1 atom stereocenters. The maximum atomic E-state index is 14.0. The van der Waals surface area contributed by atoms with Gasteiger partial charge in [-0.25, -0.2) is 4.68 Å². The van der Waals surface area contributed by atoms with E-state index in [1.165, 1.54) is 0 Å². The maximum absolute atomic E-state index is 14.0. The Kier molecular flexibility index (Phi) is 8.47. The van der Waals surface area contributed by atoms with Gasteiger partial charge in [-0.15, -0.1) is 5.10 Å². The maximum Gasteiger partial charge on any atom is 0.255 e. The molecule has 4 aromatic rings. The molecule has 0 saturated carbocycles. The molecule has 0 bridgehead atoms. The molecule has 1 aliphatic rings. The molecule has 0 fully saturated rings. The van der Waals surface area contributed by atoms with Gasteiger partial charge in [0.1, 0.15) is 18.4 Å². The largest absolute Gasteiger partial charge is 0.488 e. The Labute approximate surface area is 244 Å². The lowest BCUT2D eigenvalue weighted by atomic mass is 9.94. The number of amides is 1. The van der Waals surface area contributed by atoms with Crippen LogP contribution in [0.1, 0.15) is 48.6 Å². The van der Waals surface area contributed by atoms with Crippen molar-refractivity contribution in [2.45, 2.75) is 51.9 Å². The van der Waals surface area contributed by atoms with Gasteiger partial charge < -0.3 is 15.4 Å². The molecule has 7 nitrogen and oxygen atoms in total. The predicted molar refractivity (Wildman–Crippen MR) is 162 cm³/mol. The van der Waals surface area contributed by atoms with Crippen LogP contribution >= 0.6 is 23.4 Å². The molecule has 1 aliphatic heterocycles. The zero-order valence-corrected chi connectivity index (χ0v) is 24.6. The van der Waals surface area contributed by atoms with Crippen molar-refractivity contribution in [3.63, 3.8) is 0 Å². The summed E-state index contributed by atoms with van der Waals surface area (Å²) in [6.07, 6.45) is 1.00.